The molecule has 1 aromatic heterocycles. The maximum atomic E-state index is 13.9. The Morgan fingerprint density at radius 1 is 1.11 bits per heavy atom. The van der Waals surface area contributed by atoms with Gasteiger partial charge < -0.3 is 19.3 Å². The molecule has 2 aliphatic rings. The van der Waals surface area contributed by atoms with Crippen LogP contribution in [0.4, 0.5) is 0 Å². The SMILES string of the molecule is CCOC(=O)C1=C(c2ccccc2)N=c2sc(=Cc3ccccc3O)c(=O)n2[C@@H]1c1ccc2c(c1)OCO2. The lowest BCUT2D eigenvalue weighted by Crippen LogP contribution is -2.40. The topological polar surface area (TPSA) is 99.4 Å². The van der Waals surface area contributed by atoms with E-state index in [2.05, 4.69) is 0 Å². The van der Waals surface area contributed by atoms with Gasteiger partial charge in [0.15, 0.2) is 16.3 Å². The van der Waals surface area contributed by atoms with Crippen molar-refractivity contribution < 1.29 is 24.1 Å². The van der Waals surface area contributed by atoms with E-state index >= 15 is 0 Å². The number of fused-ring (bicyclic) bond motifs is 2. The number of ether oxygens (including phenoxy) is 3. The van der Waals surface area contributed by atoms with Gasteiger partial charge >= 0.3 is 5.97 Å². The van der Waals surface area contributed by atoms with Crippen molar-refractivity contribution in [3.05, 3.63) is 115 Å². The Hall–Kier alpha value is -4.63. The molecule has 3 heterocycles. The molecule has 4 aromatic rings. The van der Waals surface area contributed by atoms with Crippen molar-refractivity contribution in [1.29, 1.82) is 0 Å². The summed E-state index contributed by atoms with van der Waals surface area (Å²) in [6.45, 7) is 1.99. The minimum atomic E-state index is -0.832. The number of thiazole rings is 1. The van der Waals surface area contributed by atoms with E-state index in [4.69, 9.17) is 19.2 Å². The van der Waals surface area contributed by atoms with Crippen LogP contribution in [0.5, 0.6) is 17.2 Å². The summed E-state index contributed by atoms with van der Waals surface area (Å²) in [6.07, 6.45) is 1.63. The van der Waals surface area contributed by atoms with E-state index in [9.17, 15) is 14.7 Å². The molecule has 0 unspecified atom stereocenters. The number of esters is 1. The zero-order chi connectivity index (χ0) is 26.2. The van der Waals surface area contributed by atoms with Crippen LogP contribution in [0.15, 0.2) is 88.2 Å². The highest BCUT2D eigenvalue weighted by Gasteiger charge is 2.36. The molecule has 190 valence electrons. The summed E-state index contributed by atoms with van der Waals surface area (Å²) < 4.78 is 18.4. The maximum Gasteiger partial charge on any atom is 0.338 e. The monoisotopic (exact) mass is 526 g/mol. The highest BCUT2D eigenvalue weighted by atomic mass is 32.1. The summed E-state index contributed by atoms with van der Waals surface area (Å²) >= 11 is 1.19. The van der Waals surface area contributed by atoms with Crippen molar-refractivity contribution in [2.45, 2.75) is 13.0 Å². The molecule has 8 nitrogen and oxygen atoms in total. The molecule has 3 aromatic carbocycles. The predicted molar refractivity (Wildman–Crippen MR) is 142 cm³/mol. The average Bonchev–Trinajstić information content (AvgIpc) is 3.53. The summed E-state index contributed by atoms with van der Waals surface area (Å²) in [4.78, 5) is 32.6. The van der Waals surface area contributed by atoms with Crippen molar-refractivity contribution in [1.82, 2.24) is 4.57 Å². The second kappa shape index (κ2) is 9.68. The smallest absolute Gasteiger partial charge is 0.338 e. The van der Waals surface area contributed by atoms with Crippen LogP contribution in [0.1, 0.15) is 29.7 Å². The number of phenolic OH excluding ortho intramolecular Hbond substituents is 1. The van der Waals surface area contributed by atoms with E-state index in [-0.39, 0.29) is 30.3 Å². The van der Waals surface area contributed by atoms with Crippen LogP contribution in [0.2, 0.25) is 0 Å². The lowest BCUT2D eigenvalue weighted by atomic mass is 9.93. The first-order valence-electron chi connectivity index (χ1n) is 12.0. The molecule has 2 aliphatic heterocycles. The third kappa shape index (κ3) is 4.06. The minimum absolute atomic E-state index is 0.0582. The van der Waals surface area contributed by atoms with E-state index in [0.29, 0.717) is 37.7 Å². The fourth-order valence-electron chi connectivity index (χ4n) is 4.59. The van der Waals surface area contributed by atoms with Crippen LogP contribution in [0.25, 0.3) is 11.8 Å². The molecule has 38 heavy (non-hydrogen) atoms. The molecule has 0 fully saturated rings. The van der Waals surface area contributed by atoms with Gasteiger partial charge in [-0.1, -0.05) is 65.9 Å². The number of benzene rings is 3. The zero-order valence-corrected chi connectivity index (χ0v) is 21.1. The Labute approximate surface area is 221 Å². The van der Waals surface area contributed by atoms with E-state index < -0.39 is 12.0 Å². The third-order valence-corrected chi connectivity index (χ3v) is 7.29. The predicted octanol–water partition coefficient (Wildman–Crippen LogP) is 3.37. The Kier molecular flexibility index (Phi) is 6.05. The quantitative estimate of drug-likeness (QED) is 0.401. The largest absolute Gasteiger partial charge is 0.507 e. The Morgan fingerprint density at radius 3 is 2.66 bits per heavy atom. The zero-order valence-electron chi connectivity index (χ0n) is 20.3. The second-order valence-electron chi connectivity index (χ2n) is 8.60. The number of para-hydroxylation sites is 1. The average molecular weight is 527 g/mol. The number of hydrogen-bond donors (Lipinski definition) is 1. The first-order chi connectivity index (χ1) is 18.5. The lowest BCUT2D eigenvalue weighted by molar-refractivity contribution is -0.138. The van der Waals surface area contributed by atoms with Gasteiger partial charge in [0.05, 0.1) is 28.5 Å². The number of carbonyl (C=O) groups excluding carboxylic acids is 1. The van der Waals surface area contributed by atoms with Crippen LogP contribution in [0.3, 0.4) is 0 Å². The Bertz CT molecular complexity index is 1770. The Morgan fingerprint density at radius 2 is 1.87 bits per heavy atom. The summed E-state index contributed by atoms with van der Waals surface area (Å²) in [5.74, 6) is 0.613. The molecule has 0 bridgehead atoms. The molecule has 1 N–H and O–H groups in total. The van der Waals surface area contributed by atoms with E-state index in [1.165, 1.54) is 15.9 Å². The number of hydrogen-bond acceptors (Lipinski definition) is 8. The number of nitrogens with zero attached hydrogens (tertiary/aromatic N) is 2. The molecule has 0 saturated carbocycles. The number of phenols is 1. The molecule has 9 heteroatoms. The van der Waals surface area contributed by atoms with Gasteiger partial charge in [0.25, 0.3) is 5.56 Å². The molecule has 0 spiro atoms. The number of carbonyl (C=O) groups is 1. The summed E-state index contributed by atoms with van der Waals surface area (Å²) in [7, 11) is 0. The maximum absolute atomic E-state index is 13.9. The first kappa shape index (κ1) is 23.7. The van der Waals surface area contributed by atoms with E-state index in [1.807, 2.05) is 36.4 Å². The summed E-state index contributed by atoms with van der Waals surface area (Å²) in [5.41, 5.74) is 2.22. The first-order valence-corrected chi connectivity index (χ1v) is 12.8. The van der Waals surface area contributed by atoms with E-state index in [0.717, 1.165) is 5.56 Å². The second-order valence-corrected chi connectivity index (χ2v) is 9.61. The van der Waals surface area contributed by atoms with Gasteiger partial charge in [-0.25, -0.2) is 9.79 Å². The highest BCUT2D eigenvalue weighted by Crippen LogP contribution is 2.40. The summed E-state index contributed by atoms with van der Waals surface area (Å²) in [6, 6.07) is 20.6. The van der Waals surface area contributed by atoms with Gasteiger partial charge in [0.2, 0.25) is 6.79 Å². The van der Waals surface area contributed by atoms with Crippen molar-refractivity contribution >= 4 is 29.1 Å². The van der Waals surface area contributed by atoms with Crippen LogP contribution >= 0.6 is 11.3 Å². The number of rotatable bonds is 5. The molecular formula is C29H22N2O6S. The molecule has 0 radical (unpaired) electrons. The van der Waals surface area contributed by atoms with Crippen molar-refractivity contribution in [2.75, 3.05) is 13.4 Å². The van der Waals surface area contributed by atoms with Crippen LogP contribution in [-0.2, 0) is 9.53 Å². The molecule has 0 aliphatic carbocycles. The van der Waals surface area contributed by atoms with Gasteiger partial charge in [-0.15, -0.1) is 0 Å². The van der Waals surface area contributed by atoms with Crippen molar-refractivity contribution in [3.63, 3.8) is 0 Å². The van der Waals surface area contributed by atoms with Gasteiger partial charge in [-0.2, -0.15) is 0 Å². The molecule has 0 saturated heterocycles. The fourth-order valence-corrected chi connectivity index (χ4v) is 5.58. The lowest BCUT2D eigenvalue weighted by Gasteiger charge is -2.26. The van der Waals surface area contributed by atoms with Crippen molar-refractivity contribution in [3.8, 4) is 17.2 Å². The van der Waals surface area contributed by atoms with E-state index in [1.54, 1.807) is 49.4 Å². The van der Waals surface area contributed by atoms with Gasteiger partial charge in [-0.05, 0) is 36.8 Å². The normalized spacial score (nSPS) is 16.2. The fraction of sp³-hybridized carbons (Fsp3) is 0.138. The third-order valence-electron chi connectivity index (χ3n) is 6.31. The van der Waals surface area contributed by atoms with Crippen LogP contribution < -0.4 is 24.4 Å². The Balaban J connectivity index is 1.66. The summed E-state index contributed by atoms with van der Waals surface area (Å²) in [5, 5.41) is 10.3. The highest BCUT2D eigenvalue weighted by molar-refractivity contribution is 7.07. The molecule has 1 atom stereocenters. The van der Waals surface area contributed by atoms with Crippen LogP contribution in [-0.4, -0.2) is 29.0 Å². The van der Waals surface area contributed by atoms with Gasteiger partial charge in [-0.3, -0.25) is 9.36 Å². The molecule has 6 rings (SSSR count). The number of aromatic hydroxyl groups is 1. The van der Waals surface area contributed by atoms with Gasteiger partial charge in [0.1, 0.15) is 5.75 Å². The molecule has 0 amide bonds. The van der Waals surface area contributed by atoms with Crippen molar-refractivity contribution in [2.24, 2.45) is 4.99 Å². The molecular weight excluding hydrogens is 504 g/mol. The minimum Gasteiger partial charge on any atom is -0.507 e. The standard InChI is InChI=1S/C29H22N2O6S/c1-2-35-28(34)24-25(17-8-4-3-5-9-17)30-29-31(26(24)19-12-13-21-22(14-19)37-16-36-21)27(33)23(38-29)15-18-10-6-7-11-20(18)32/h3-15,26,32H,2,16H2,1H3/t26-/m1/s1. The van der Waals surface area contributed by atoms with Crippen LogP contribution in [0, 0.1) is 0 Å². The number of aromatic nitrogens is 1. The van der Waals surface area contributed by atoms with Gasteiger partial charge in [0, 0.05) is 11.1 Å².